The molecule has 1 aromatic carbocycles. The fourth-order valence-corrected chi connectivity index (χ4v) is 2.46. The maximum absolute atomic E-state index is 6.42. The van der Waals surface area contributed by atoms with Gasteiger partial charge >= 0.3 is 0 Å². The zero-order chi connectivity index (χ0) is 15.2. The van der Waals surface area contributed by atoms with Crippen LogP contribution in [-0.2, 0) is 13.1 Å². The summed E-state index contributed by atoms with van der Waals surface area (Å²) >= 11 is 6.42. The zero-order valence-electron chi connectivity index (χ0n) is 12.8. The molecule has 0 fully saturated rings. The highest BCUT2D eigenvalue weighted by Gasteiger charge is 2.08. The molecule has 0 aliphatic rings. The third kappa shape index (κ3) is 4.73. The van der Waals surface area contributed by atoms with Crippen LogP contribution in [0.3, 0.4) is 0 Å². The molecule has 112 valence electrons. The van der Waals surface area contributed by atoms with Gasteiger partial charge in [0.2, 0.25) is 0 Å². The molecule has 0 bridgehead atoms. The van der Waals surface area contributed by atoms with E-state index in [4.69, 9.17) is 11.6 Å². The number of nitrogens with one attached hydrogen (secondary N) is 1. The molecule has 2 aromatic rings. The second-order valence-corrected chi connectivity index (χ2v) is 5.91. The molecule has 1 heterocycles. The first-order valence-corrected chi connectivity index (χ1v) is 7.57. The molecule has 1 aromatic heterocycles. The van der Waals surface area contributed by atoms with Crippen LogP contribution in [0.15, 0.2) is 42.6 Å². The van der Waals surface area contributed by atoms with E-state index in [1.54, 1.807) is 0 Å². The van der Waals surface area contributed by atoms with E-state index in [0.717, 1.165) is 29.5 Å². The van der Waals surface area contributed by atoms with Crippen LogP contribution in [0.2, 0.25) is 5.02 Å². The molecular weight excluding hydrogens is 282 g/mol. The fourth-order valence-electron chi connectivity index (χ4n) is 2.11. The van der Waals surface area contributed by atoms with Crippen molar-refractivity contribution in [2.45, 2.75) is 33.0 Å². The first-order chi connectivity index (χ1) is 10.1. The number of pyridine rings is 1. The number of rotatable bonds is 6. The predicted octanol–water partition coefficient (Wildman–Crippen LogP) is 3.87. The summed E-state index contributed by atoms with van der Waals surface area (Å²) < 4.78 is 0. The van der Waals surface area contributed by atoms with Gasteiger partial charge in [-0.2, -0.15) is 0 Å². The van der Waals surface area contributed by atoms with Crippen molar-refractivity contribution >= 4 is 17.3 Å². The Bertz CT molecular complexity index is 570. The van der Waals surface area contributed by atoms with Gasteiger partial charge in [-0.05, 0) is 29.8 Å². The smallest absolute Gasteiger partial charge is 0.0642 e. The van der Waals surface area contributed by atoms with Crippen molar-refractivity contribution in [3.05, 3.63) is 58.9 Å². The minimum absolute atomic E-state index is 0.468. The Kier molecular flexibility index (Phi) is 5.59. The molecular formula is C17H22ClN3. The van der Waals surface area contributed by atoms with E-state index in [9.17, 15) is 0 Å². The molecule has 4 heteroatoms. The summed E-state index contributed by atoms with van der Waals surface area (Å²) in [7, 11) is 2.03. The summed E-state index contributed by atoms with van der Waals surface area (Å²) in [4.78, 5) is 6.46. The van der Waals surface area contributed by atoms with E-state index >= 15 is 0 Å². The maximum Gasteiger partial charge on any atom is 0.0642 e. The van der Waals surface area contributed by atoms with Gasteiger partial charge in [0, 0.05) is 25.8 Å². The highest BCUT2D eigenvalue weighted by Crippen LogP contribution is 2.27. The number of benzene rings is 1. The molecule has 0 aliphatic heterocycles. The summed E-state index contributed by atoms with van der Waals surface area (Å²) in [6.07, 6.45) is 1.81. The van der Waals surface area contributed by atoms with Crippen molar-refractivity contribution < 1.29 is 0 Å². The fraction of sp³-hybridized carbons (Fsp3) is 0.353. The third-order valence-corrected chi connectivity index (χ3v) is 3.57. The summed E-state index contributed by atoms with van der Waals surface area (Å²) in [6, 6.07) is 12.6. The molecule has 0 unspecified atom stereocenters. The highest BCUT2D eigenvalue weighted by atomic mass is 35.5. The number of aromatic nitrogens is 1. The molecule has 0 atom stereocenters. The van der Waals surface area contributed by atoms with Crippen LogP contribution in [0.1, 0.15) is 25.1 Å². The van der Waals surface area contributed by atoms with Crippen LogP contribution in [0.25, 0.3) is 0 Å². The molecule has 21 heavy (non-hydrogen) atoms. The Morgan fingerprint density at radius 3 is 2.67 bits per heavy atom. The molecule has 0 saturated carbocycles. The molecule has 0 spiro atoms. The normalized spacial score (nSPS) is 10.9. The highest BCUT2D eigenvalue weighted by molar-refractivity contribution is 6.33. The first kappa shape index (κ1) is 15.8. The number of hydrogen-bond donors (Lipinski definition) is 1. The Morgan fingerprint density at radius 2 is 2.05 bits per heavy atom. The predicted molar refractivity (Wildman–Crippen MR) is 89.8 cm³/mol. The summed E-state index contributed by atoms with van der Waals surface area (Å²) in [5.41, 5.74) is 3.25. The van der Waals surface area contributed by atoms with Crippen molar-refractivity contribution in [1.29, 1.82) is 0 Å². The van der Waals surface area contributed by atoms with Gasteiger partial charge in [0.1, 0.15) is 0 Å². The van der Waals surface area contributed by atoms with Crippen LogP contribution >= 0.6 is 11.6 Å². The van der Waals surface area contributed by atoms with Crippen molar-refractivity contribution in [2.24, 2.45) is 0 Å². The number of halogens is 1. The Labute approximate surface area is 132 Å². The van der Waals surface area contributed by atoms with E-state index in [2.05, 4.69) is 41.2 Å². The number of anilines is 1. The lowest BCUT2D eigenvalue weighted by Gasteiger charge is -2.21. The molecule has 0 saturated heterocycles. The number of nitrogens with zero attached hydrogens (tertiary/aromatic N) is 2. The minimum Gasteiger partial charge on any atom is -0.367 e. The summed E-state index contributed by atoms with van der Waals surface area (Å²) in [5.74, 6) is 0. The van der Waals surface area contributed by atoms with Gasteiger partial charge in [0.05, 0.1) is 22.9 Å². The Morgan fingerprint density at radius 1 is 1.24 bits per heavy atom. The SMILES string of the molecule is CC(C)NCc1ccc(N(C)Cc2ccccn2)c(Cl)c1. The zero-order valence-corrected chi connectivity index (χ0v) is 13.6. The molecule has 2 rings (SSSR count). The molecule has 1 N–H and O–H groups in total. The van der Waals surface area contributed by atoms with Crippen LogP contribution in [0, 0.1) is 0 Å². The lowest BCUT2D eigenvalue weighted by atomic mass is 10.2. The molecule has 0 amide bonds. The second kappa shape index (κ2) is 7.43. The number of hydrogen-bond acceptors (Lipinski definition) is 3. The van der Waals surface area contributed by atoms with Crippen LogP contribution in [0.4, 0.5) is 5.69 Å². The lowest BCUT2D eigenvalue weighted by molar-refractivity contribution is 0.589. The topological polar surface area (TPSA) is 28.2 Å². The van der Waals surface area contributed by atoms with Crippen molar-refractivity contribution in [2.75, 3.05) is 11.9 Å². The third-order valence-electron chi connectivity index (χ3n) is 3.26. The quantitative estimate of drug-likeness (QED) is 0.878. The Hall–Kier alpha value is -1.58. The average molecular weight is 304 g/mol. The van der Waals surface area contributed by atoms with E-state index in [1.807, 2.05) is 37.5 Å². The van der Waals surface area contributed by atoms with Gasteiger partial charge in [0.25, 0.3) is 0 Å². The monoisotopic (exact) mass is 303 g/mol. The van der Waals surface area contributed by atoms with Gasteiger partial charge in [-0.25, -0.2) is 0 Å². The maximum atomic E-state index is 6.42. The van der Waals surface area contributed by atoms with E-state index in [-0.39, 0.29) is 0 Å². The molecule has 0 aliphatic carbocycles. The first-order valence-electron chi connectivity index (χ1n) is 7.19. The van der Waals surface area contributed by atoms with Crippen molar-refractivity contribution in [1.82, 2.24) is 10.3 Å². The van der Waals surface area contributed by atoms with Crippen molar-refractivity contribution in [3.8, 4) is 0 Å². The van der Waals surface area contributed by atoms with Gasteiger partial charge in [-0.3, -0.25) is 4.98 Å². The van der Waals surface area contributed by atoms with Gasteiger partial charge in [-0.15, -0.1) is 0 Å². The van der Waals surface area contributed by atoms with Gasteiger partial charge in [-0.1, -0.05) is 37.6 Å². The molecule has 3 nitrogen and oxygen atoms in total. The van der Waals surface area contributed by atoms with Crippen LogP contribution in [-0.4, -0.2) is 18.1 Å². The van der Waals surface area contributed by atoms with Crippen LogP contribution < -0.4 is 10.2 Å². The Balaban J connectivity index is 2.06. The van der Waals surface area contributed by atoms with Gasteiger partial charge in [0.15, 0.2) is 0 Å². The van der Waals surface area contributed by atoms with E-state index in [1.165, 1.54) is 5.56 Å². The van der Waals surface area contributed by atoms with E-state index < -0.39 is 0 Å². The average Bonchev–Trinajstić information content (AvgIpc) is 2.46. The summed E-state index contributed by atoms with van der Waals surface area (Å²) in [5, 5.41) is 4.17. The minimum atomic E-state index is 0.468. The second-order valence-electron chi connectivity index (χ2n) is 5.50. The standard InChI is InChI=1S/C17H22ClN3/c1-13(2)20-11-14-7-8-17(16(18)10-14)21(3)12-15-6-4-5-9-19-15/h4-10,13,20H,11-12H2,1-3H3. The largest absolute Gasteiger partial charge is 0.367 e. The van der Waals surface area contributed by atoms with Gasteiger partial charge < -0.3 is 10.2 Å². The van der Waals surface area contributed by atoms with Crippen molar-refractivity contribution in [3.63, 3.8) is 0 Å². The summed E-state index contributed by atoms with van der Waals surface area (Å²) in [6.45, 7) is 5.85. The van der Waals surface area contributed by atoms with Crippen LogP contribution in [0.5, 0.6) is 0 Å². The lowest BCUT2D eigenvalue weighted by Crippen LogP contribution is -2.22. The molecule has 0 radical (unpaired) electrons. The van der Waals surface area contributed by atoms with E-state index in [0.29, 0.717) is 6.04 Å².